The van der Waals surface area contributed by atoms with Gasteiger partial charge in [0.15, 0.2) is 17.3 Å². The van der Waals surface area contributed by atoms with Crippen molar-refractivity contribution in [1.29, 1.82) is 0 Å². The number of pyridine rings is 1. The zero-order valence-electron chi connectivity index (χ0n) is 50.5. The van der Waals surface area contributed by atoms with Crippen LogP contribution in [0.1, 0.15) is 101 Å². The lowest BCUT2D eigenvalue weighted by atomic mass is 9.88. The van der Waals surface area contributed by atoms with Gasteiger partial charge in [-0.3, -0.25) is 57.7 Å². The van der Waals surface area contributed by atoms with Crippen LogP contribution in [0.3, 0.4) is 0 Å². The molecule has 27 heteroatoms. The molecule has 1 aromatic heterocycles. The van der Waals surface area contributed by atoms with Crippen LogP contribution in [0.4, 0.5) is 0 Å². The lowest BCUT2D eigenvalue weighted by molar-refractivity contribution is -0.136. The SMILES string of the molecule is CC(C)C[C@@H]1CC(=O)[C@@H](Cc2ccccc2)NC(=O)[C@H](CCN)NC(=O)[C@@H](NC(=O)[C@H](CN)CC(=O)[C@@H](NC(=O)[C@H](CCN)CC(=O)c2ccnc(-c3ccccc3)c2)[C@@H](C)O)CCNC(=O)[C@H]([C@@H](C)O)NC(=O)[C@H](CCN)NC(=O)[C@H](CCN)NC1=O. The van der Waals surface area contributed by atoms with Crippen molar-refractivity contribution in [1.82, 2.24) is 47.5 Å². The highest BCUT2D eigenvalue weighted by Crippen LogP contribution is 2.22. The Labute approximate surface area is 512 Å². The third-order valence-corrected chi connectivity index (χ3v) is 15.0. The van der Waals surface area contributed by atoms with Gasteiger partial charge in [0.2, 0.25) is 47.3 Å². The Morgan fingerprint density at radius 2 is 1.19 bits per heavy atom. The molecular weight excluding hydrogens is 1140 g/mol. The van der Waals surface area contributed by atoms with Crippen molar-refractivity contribution in [3.05, 3.63) is 90.1 Å². The molecule has 0 bridgehead atoms. The van der Waals surface area contributed by atoms with Crippen molar-refractivity contribution in [2.24, 2.45) is 52.3 Å². The summed E-state index contributed by atoms with van der Waals surface area (Å²) in [6, 6.07) is 10.4. The number of carbonyl (C=O) groups is 11. The zero-order chi connectivity index (χ0) is 65.0. The van der Waals surface area contributed by atoms with E-state index in [2.05, 4.69) is 47.5 Å². The minimum Gasteiger partial charge on any atom is -0.391 e. The Hall–Kier alpha value is -7.92. The number of aliphatic hydroxyl groups is 2. The Kier molecular flexibility index (Phi) is 30.5. The fourth-order valence-electron chi connectivity index (χ4n) is 10.0. The van der Waals surface area contributed by atoms with Crippen molar-refractivity contribution in [2.45, 2.75) is 146 Å². The third kappa shape index (κ3) is 23.0. The number of nitrogens with one attached hydrogen (secondary N) is 8. The molecule has 3 aromatic rings. The van der Waals surface area contributed by atoms with E-state index >= 15 is 0 Å². The molecule has 2 heterocycles. The van der Waals surface area contributed by atoms with Crippen LogP contribution in [0.2, 0.25) is 0 Å². The molecule has 1 aliphatic rings. The largest absolute Gasteiger partial charge is 0.391 e. The molecule has 12 atom stereocenters. The highest BCUT2D eigenvalue weighted by atomic mass is 16.3. The predicted octanol–water partition coefficient (Wildman–Crippen LogP) is -2.59. The van der Waals surface area contributed by atoms with Crippen LogP contribution in [0.15, 0.2) is 79.0 Å². The normalized spacial score (nSPS) is 22.2. The molecule has 8 amide bonds. The van der Waals surface area contributed by atoms with Crippen LogP contribution in [0, 0.1) is 23.7 Å². The molecular formula is C61H90N14O13. The zero-order valence-corrected chi connectivity index (χ0v) is 50.5. The highest BCUT2D eigenvalue weighted by Gasteiger charge is 2.38. The van der Waals surface area contributed by atoms with E-state index in [-0.39, 0.29) is 82.6 Å². The summed E-state index contributed by atoms with van der Waals surface area (Å²) >= 11 is 0. The third-order valence-electron chi connectivity index (χ3n) is 15.0. The molecule has 4 rings (SSSR count). The van der Waals surface area contributed by atoms with Gasteiger partial charge >= 0.3 is 0 Å². The van der Waals surface area contributed by atoms with E-state index in [1.54, 1.807) is 36.4 Å². The minimum absolute atomic E-state index is 0.0186. The number of hydrogen-bond acceptors (Lipinski definition) is 19. The average molecular weight is 1230 g/mol. The molecule has 2 aromatic carbocycles. The molecule has 0 radical (unpaired) electrons. The number of rotatable bonds is 26. The molecule has 88 heavy (non-hydrogen) atoms. The summed E-state index contributed by atoms with van der Waals surface area (Å²) in [4.78, 5) is 160. The topological polar surface area (TPSA) is 467 Å². The van der Waals surface area contributed by atoms with Crippen molar-refractivity contribution >= 4 is 64.6 Å². The molecule has 0 spiro atoms. The average Bonchev–Trinajstić information content (AvgIpc) is 2.35. The molecule has 0 aliphatic carbocycles. The van der Waals surface area contributed by atoms with E-state index in [1.165, 1.54) is 26.1 Å². The first-order valence-electron chi connectivity index (χ1n) is 29.9. The van der Waals surface area contributed by atoms with Crippen LogP contribution < -0.4 is 71.2 Å². The number of aromatic nitrogens is 1. The minimum atomic E-state index is -1.68. The molecule has 0 unspecified atom stereocenters. The molecule has 1 fully saturated rings. The predicted molar refractivity (Wildman–Crippen MR) is 326 cm³/mol. The second-order valence-corrected chi connectivity index (χ2v) is 22.6. The summed E-state index contributed by atoms with van der Waals surface area (Å²) in [7, 11) is 0. The summed E-state index contributed by atoms with van der Waals surface area (Å²) in [5.74, 6) is -12.7. The van der Waals surface area contributed by atoms with E-state index in [0.29, 0.717) is 11.3 Å². The van der Waals surface area contributed by atoms with E-state index < -0.39 is 169 Å². The Balaban J connectivity index is 1.68. The van der Waals surface area contributed by atoms with Gasteiger partial charge in [-0.2, -0.15) is 0 Å². The van der Waals surface area contributed by atoms with E-state index in [1.807, 2.05) is 44.2 Å². The summed E-state index contributed by atoms with van der Waals surface area (Å²) in [5, 5.41) is 42.3. The fourth-order valence-corrected chi connectivity index (χ4v) is 10.0. The summed E-state index contributed by atoms with van der Waals surface area (Å²) < 4.78 is 0. The van der Waals surface area contributed by atoms with Crippen LogP contribution >= 0.6 is 0 Å². The van der Waals surface area contributed by atoms with Gasteiger partial charge in [0.25, 0.3) is 0 Å². The van der Waals surface area contributed by atoms with Gasteiger partial charge in [-0.15, -0.1) is 0 Å². The Morgan fingerprint density at radius 1 is 0.636 bits per heavy atom. The fraction of sp³-hybridized carbons (Fsp3) is 0.541. The van der Waals surface area contributed by atoms with Crippen molar-refractivity contribution < 1.29 is 63.0 Å². The number of Topliss-reactive ketones (excluding diaryl/α,β-unsaturated/α-hetero) is 3. The standard InChI is InChI=1S/C61H90N14O13/c1-34(2)27-41-31-50(79)48(28-37-11-7-5-8-12-37)73-58(85)44(17-23-64)71-59(86)46(20-26-68-61(88)53(36(4)77)75-60(87)45(18-24-65)72-57(84)43(16-22-63)69-55(41)82)70-56(83)42(33-66)32-51(80)52(35(3)76)74-54(81)40(15-21-62)30-49(78)39-19-25-67-47(29-39)38-13-9-6-10-14-38/h5-14,19,25,29,34-36,40-46,48,52-53,76-77H,15-18,20-24,26-28,30-33,62-66H2,1-4H3,(H,68,88)(H,69,82)(H,70,83)(H,71,86)(H,72,84)(H,73,85)(H,74,81)(H,75,87)/t35-,36-,40-,41-,42+,43+,44+,45+,46+,48-,52+,53+/m1/s1. The van der Waals surface area contributed by atoms with Gasteiger partial charge in [0, 0.05) is 61.5 Å². The maximum Gasteiger partial charge on any atom is 0.245 e. The van der Waals surface area contributed by atoms with Crippen LogP contribution in [0.5, 0.6) is 0 Å². The Bertz CT molecular complexity index is 2830. The summed E-state index contributed by atoms with van der Waals surface area (Å²) in [6.45, 7) is 4.68. The van der Waals surface area contributed by atoms with Crippen molar-refractivity contribution in [2.75, 3.05) is 39.3 Å². The number of ketones is 3. The molecule has 0 saturated carbocycles. The summed E-state index contributed by atoms with van der Waals surface area (Å²) in [6.07, 6.45) is -3.89. The maximum absolute atomic E-state index is 14.6. The number of aliphatic hydroxyl groups excluding tert-OH is 2. The number of benzene rings is 2. The molecule has 1 aliphatic heterocycles. The van der Waals surface area contributed by atoms with Crippen molar-refractivity contribution in [3.63, 3.8) is 0 Å². The van der Waals surface area contributed by atoms with Crippen LogP contribution in [-0.2, 0) is 54.4 Å². The first kappa shape index (κ1) is 72.6. The van der Waals surface area contributed by atoms with Gasteiger partial charge in [-0.25, -0.2) is 0 Å². The Morgan fingerprint density at radius 3 is 1.74 bits per heavy atom. The lowest BCUT2D eigenvalue weighted by Crippen LogP contribution is -2.60. The van der Waals surface area contributed by atoms with Crippen molar-refractivity contribution in [3.8, 4) is 11.3 Å². The highest BCUT2D eigenvalue weighted by molar-refractivity contribution is 6.01. The second kappa shape index (κ2) is 37.0. The number of carbonyl (C=O) groups excluding carboxylic acids is 11. The second-order valence-electron chi connectivity index (χ2n) is 22.6. The van der Waals surface area contributed by atoms with Gasteiger partial charge in [0.1, 0.15) is 36.3 Å². The molecule has 27 nitrogen and oxygen atoms in total. The maximum atomic E-state index is 14.6. The smallest absolute Gasteiger partial charge is 0.245 e. The first-order valence-corrected chi connectivity index (χ1v) is 29.9. The number of nitrogens with two attached hydrogens (primary N) is 5. The number of amides is 8. The first-order chi connectivity index (χ1) is 41.9. The van der Waals surface area contributed by atoms with Crippen LogP contribution in [-0.4, -0.2) is 174 Å². The lowest BCUT2D eigenvalue weighted by Gasteiger charge is -2.28. The van der Waals surface area contributed by atoms with E-state index in [0.717, 1.165) is 5.56 Å². The van der Waals surface area contributed by atoms with E-state index in [4.69, 9.17) is 28.7 Å². The quantitative estimate of drug-likeness (QED) is 0.0367. The molecule has 482 valence electrons. The summed E-state index contributed by atoms with van der Waals surface area (Å²) in [5.41, 5.74) is 31.9. The van der Waals surface area contributed by atoms with E-state index in [9.17, 15) is 63.0 Å². The van der Waals surface area contributed by atoms with Gasteiger partial charge in [0.05, 0.1) is 29.9 Å². The van der Waals surface area contributed by atoms with Gasteiger partial charge in [-0.05, 0) is 109 Å². The number of hydrogen-bond donors (Lipinski definition) is 15. The number of nitrogens with zero attached hydrogens (tertiary/aromatic N) is 1. The molecule has 20 N–H and O–H groups in total. The monoisotopic (exact) mass is 1230 g/mol. The molecule has 1 saturated heterocycles. The van der Waals surface area contributed by atoms with Gasteiger partial charge in [-0.1, -0.05) is 74.5 Å². The van der Waals surface area contributed by atoms with Gasteiger partial charge < -0.3 is 81.4 Å². The van der Waals surface area contributed by atoms with Crippen LogP contribution in [0.25, 0.3) is 11.3 Å².